The SMILES string of the molecule is CCc1ccc(CC(=O)N/N=C/c2cccc(OCc3ccc([N+](=O)[O-])cc3)c2)cc1. The van der Waals surface area contributed by atoms with Crippen LogP contribution in [-0.4, -0.2) is 17.0 Å². The number of amides is 1. The molecule has 3 aromatic carbocycles. The first-order chi connectivity index (χ1) is 15.0. The Morgan fingerprint density at radius 3 is 2.39 bits per heavy atom. The third-order valence-electron chi connectivity index (χ3n) is 4.61. The molecule has 1 amide bonds. The summed E-state index contributed by atoms with van der Waals surface area (Å²) >= 11 is 0. The predicted molar refractivity (Wildman–Crippen MR) is 119 cm³/mol. The fourth-order valence-corrected chi connectivity index (χ4v) is 2.86. The highest BCUT2D eigenvalue weighted by Crippen LogP contribution is 2.16. The van der Waals surface area contributed by atoms with Crippen molar-refractivity contribution < 1.29 is 14.5 Å². The highest BCUT2D eigenvalue weighted by molar-refractivity contribution is 5.83. The van der Waals surface area contributed by atoms with Gasteiger partial charge in [0, 0.05) is 12.1 Å². The van der Waals surface area contributed by atoms with Crippen molar-refractivity contribution in [2.45, 2.75) is 26.4 Å². The summed E-state index contributed by atoms with van der Waals surface area (Å²) in [6, 6.07) is 21.4. The molecule has 0 atom stereocenters. The summed E-state index contributed by atoms with van der Waals surface area (Å²) < 4.78 is 5.74. The summed E-state index contributed by atoms with van der Waals surface area (Å²) in [5.74, 6) is 0.440. The molecule has 31 heavy (non-hydrogen) atoms. The fraction of sp³-hybridized carbons (Fsp3) is 0.167. The van der Waals surface area contributed by atoms with Crippen LogP contribution in [0.25, 0.3) is 0 Å². The molecule has 1 N–H and O–H groups in total. The van der Waals surface area contributed by atoms with Gasteiger partial charge in [-0.15, -0.1) is 0 Å². The number of nitro groups is 1. The number of ether oxygens (including phenoxy) is 1. The van der Waals surface area contributed by atoms with Crippen LogP contribution in [0.15, 0.2) is 77.9 Å². The van der Waals surface area contributed by atoms with Crippen LogP contribution in [-0.2, 0) is 24.2 Å². The maximum Gasteiger partial charge on any atom is 0.269 e. The summed E-state index contributed by atoms with van der Waals surface area (Å²) in [5, 5.41) is 14.7. The quantitative estimate of drug-likeness (QED) is 0.317. The van der Waals surface area contributed by atoms with Crippen LogP contribution >= 0.6 is 0 Å². The maximum atomic E-state index is 12.1. The van der Waals surface area contributed by atoms with Crippen molar-refractivity contribution in [2.75, 3.05) is 0 Å². The topological polar surface area (TPSA) is 93.8 Å². The number of nitro benzene ring substituents is 1. The second-order valence-corrected chi connectivity index (χ2v) is 6.92. The Morgan fingerprint density at radius 1 is 1.03 bits per heavy atom. The third kappa shape index (κ3) is 6.78. The molecule has 158 valence electrons. The number of hydrogen-bond donors (Lipinski definition) is 1. The van der Waals surface area contributed by atoms with E-state index in [1.54, 1.807) is 30.5 Å². The van der Waals surface area contributed by atoms with Gasteiger partial charge in [-0.1, -0.05) is 43.3 Å². The third-order valence-corrected chi connectivity index (χ3v) is 4.61. The number of carbonyl (C=O) groups is 1. The van der Waals surface area contributed by atoms with E-state index in [9.17, 15) is 14.9 Å². The van der Waals surface area contributed by atoms with Gasteiger partial charge in [0.25, 0.3) is 5.69 Å². The lowest BCUT2D eigenvalue weighted by Gasteiger charge is -2.07. The molecule has 3 aromatic rings. The van der Waals surface area contributed by atoms with Crippen molar-refractivity contribution in [1.82, 2.24) is 5.43 Å². The molecule has 0 radical (unpaired) electrons. The fourth-order valence-electron chi connectivity index (χ4n) is 2.86. The van der Waals surface area contributed by atoms with Gasteiger partial charge in [-0.2, -0.15) is 5.10 Å². The molecule has 0 saturated heterocycles. The monoisotopic (exact) mass is 417 g/mol. The molecule has 0 unspecified atom stereocenters. The summed E-state index contributed by atoms with van der Waals surface area (Å²) in [6.45, 7) is 2.37. The number of rotatable bonds is 9. The molecule has 0 aromatic heterocycles. The van der Waals surface area contributed by atoms with Gasteiger partial charge in [0.2, 0.25) is 5.91 Å². The molecule has 0 aliphatic carbocycles. The Kier molecular flexibility index (Phi) is 7.48. The summed E-state index contributed by atoms with van der Waals surface area (Å²) in [4.78, 5) is 22.3. The molecule has 3 rings (SSSR count). The van der Waals surface area contributed by atoms with Gasteiger partial charge in [0.1, 0.15) is 12.4 Å². The first-order valence-electron chi connectivity index (χ1n) is 9.89. The summed E-state index contributed by atoms with van der Waals surface area (Å²) in [6.07, 6.45) is 2.78. The number of benzene rings is 3. The van der Waals surface area contributed by atoms with Gasteiger partial charge in [0.15, 0.2) is 0 Å². The summed E-state index contributed by atoms with van der Waals surface area (Å²) in [5.41, 5.74) is 6.34. The van der Waals surface area contributed by atoms with Crippen molar-refractivity contribution >= 4 is 17.8 Å². The lowest BCUT2D eigenvalue weighted by Crippen LogP contribution is -2.19. The molecular formula is C24H23N3O4. The van der Waals surface area contributed by atoms with E-state index in [0.717, 1.165) is 23.1 Å². The standard InChI is InChI=1S/C24H23N3O4/c1-2-18-6-8-19(9-7-18)15-24(28)26-25-16-21-4-3-5-23(14-21)31-17-20-10-12-22(13-11-20)27(29)30/h3-14,16H,2,15,17H2,1H3,(H,26,28)/b25-16+. The zero-order valence-corrected chi connectivity index (χ0v) is 17.2. The first-order valence-corrected chi connectivity index (χ1v) is 9.89. The van der Waals surface area contributed by atoms with E-state index in [0.29, 0.717) is 5.75 Å². The second kappa shape index (κ2) is 10.7. The van der Waals surface area contributed by atoms with Crippen molar-refractivity contribution in [3.63, 3.8) is 0 Å². The zero-order valence-electron chi connectivity index (χ0n) is 17.2. The van der Waals surface area contributed by atoms with Crippen LogP contribution in [0, 0.1) is 10.1 Å². The Hall–Kier alpha value is -4.00. The minimum Gasteiger partial charge on any atom is -0.489 e. The zero-order chi connectivity index (χ0) is 22.1. The number of aryl methyl sites for hydroxylation is 1. The number of hydrazone groups is 1. The lowest BCUT2D eigenvalue weighted by atomic mass is 10.1. The van der Waals surface area contributed by atoms with Crippen LogP contribution in [0.2, 0.25) is 0 Å². The number of carbonyl (C=O) groups excluding carboxylic acids is 1. The van der Waals surface area contributed by atoms with E-state index in [4.69, 9.17) is 4.74 Å². The van der Waals surface area contributed by atoms with Crippen molar-refractivity contribution in [3.8, 4) is 5.75 Å². The Morgan fingerprint density at radius 2 is 1.71 bits per heavy atom. The molecule has 0 saturated carbocycles. The predicted octanol–water partition coefficient (Wildman–Crippen LogP) is 4.43. The Balaban J connectivity index is 1.50. The largest absolute Gasteiger partial charge is 0.489 e. The highest BCUT2D eigenvalue weighted by atomic mass is 16.6. The normalized spacial score (nSPS) is 10.7. The molecule has 0 fully saturated rings. The minimum absolute atomic E-state index is 0.0435. The van der Waals surface area contributed by atoms with E-state index in [-0.39, 0.29) is 24.6 Å². The lowest BCUT2D eigenvalue weighted by molar-refractivity contribution is -0.384. The molecule has 0 spiro atoms. The molecule has 7 heteroatoms. The average molecular weight is 417 g/mol. The van der Waals surface area contributed by atoms with E-state index in [2.05, 4.69) is 17.5 Å². The molecule has 7 nitrogen and oxygen atoms in total. The van der Waals surface area contributed by atoms with Crippen LogP contribution < -0.4 is 10.2 Å². The van der Waals surface area contributed by atoms with Gasteiger partial charge in [-0.3, -0.25) is 14.9 Å². The molecule has 0 aliphatic heterocycles. The van der Waals surface area contributed by atoms with E-state index >= 15 is 0 Å². The molecule has 0 aliphatic rings. The summed E-state index contributed by atoms with van der Waals surface area (Å²) in [7, 11) is 0. The van der Waals surface area contributed by atoms with Crippen molar-refractivity contribution in [1.29, 1.82) is 0 Å². The highest BCUT2D eigenvalue weighted by Gasteiger charge is 2.05. The minimum atomic E-state index is -0.436. The first kappa shape index (κ1) is 21.7. The molecule has 0 bridgehead atoms. The van der Waals surface area contributed by atoms with E-state index in [1.807, 2.05) is 36.4 Å². The van der Waals surface area contributed by atoms with Crippen LogP contribution in [0.4, 0.5) is 5.69 Å². The maximum absolute atomic E-state index is 12.1. The second-order valence-electron chi connectivity index (χ2n) is 6.92. The van der Waals surface area contributed by atoms with Gasteiger partial charge in [-0.25, -0.2) is 5.43 Å². The number of hydrogen-bond acceptors (Lipinski definition) is 5. The number of non-ortho nitro benzene ring substituents is 1. The van der Waals surface area contributed by atoms with E-state index in [1.165, 1.54) is 17.7 Å². The van der Waals surface area contributed by atoms with Gasteiger partial charge in [0.05, 0.1) is 17.6 Å². The number of nitrogens with zero attached hydrogens (tertiary/aromatic N) is 2. The Labute approximate surface area is 180 Å². The molecular weight excluding hydrogens is 394 g/mol. The van der Waals surface area contributed by atoms with Crippen molar-refractivity contribution in [3.05, 3.63) is 105 Å². The van der Waals surface area contributed by atoms with Crippen LogP contribution in [0.3, 0.4) is 0 Å². The van der Waals surface area contributed by atoms with Gasteiger partial charge < -0.3 is 4.74 Å². The van der Waals surface area contributed by atoms with Gasteiger partial charge in [-0.05, 0) is 52.9 Å². The van der Waals surface area contributed by atoms with Crippen LogP contribution in [0.5, 0.6) is 5.75 Å². The number of nitrogens with one attached hydrogen (secondary N) is 1. The smallest absolute Gasteiger partial charge is 0.269 e. The average Bonchev–Trinajstić information content (AvgIpc) is 2.79. The van der Waals surface area contributed by atoms with Gasteiger partial charge >= 0.3 is 0 Å². The Bertz CT molecular complexity index is 1060. The molecule has 0 heterocycles. The van der Waals surface area contributed by atoms with Crippen molar-refractivity contribution in [2.24, 2.45) is 5.10 Å². The van der Waals surface area contributed by atoms with Crippen LogP contribution in [0.1, 0.15) is 29.2 Å². The van der Waals surface area contributed by atoms with E-state index < -0.39 is 4.92 Å².